The second-order valence-electron chi connectivity index (χ2n) is 3.31. The average molecular weight is 204 g/mol. The van der Waals surface area contributed by atoms with Crippen LogP contribution in [-0.4, -0.2) is 9.61 Å². The van der Waals surface area contributed by atoms with Crippen LogP contribution in [0.2, 0.25) is 0 Å². The lowest BCUT2D eigenvalue weighted by atomic mass is 10.1. The van der Waals surface area contributed by atoms with Crippen LogP contribution >= 0.6 is 0 Å². The number of hydrogen-bond donors (Lipinski definition) is 1. The van der Waals surface area contributed by atoms with E-state index in [9.17, 15) is 4.39 Å². The van der Waals surface area contributed by atoms with Gasteiger partial charge < -0.3 is 5.73 Å². The van der Waals surface area contributed by atoms with Crippen molar-refractivity contribution in [3.63, 3.8) is 0 Å². The minimum atomic E-state index is -0.775. The van der Waals surface area contributed by atoms with Gasteiger partial charge in [0, 0.05) is 5.56 Å². The number of fused-ring (bicyclic) bond motifs is 1. The van der Waals surface area contributed by atoms with Crippen LogP contribution in [0.25, 0.3) is 5.52 Å². The van der Waals surface area contributed by atoms with Gasteiger partial charge in [0.1, 0.15) is 6.04 Å². The molecule has 2 N–H and O–H groups in total. The van der Waals surface area contributed by atoms with Crippen molar-refractivity contribution >= 4 is 5.52 Å². The fraction of sp³-hybridized carbons (Fsp3) is 0.200. The highest BCUT2D eigenvalue weighted by atomic mass is 19.1. The lowest BCUT2D eigenvalue weighted by Gasteiger charge is -2.03. The maximum absolute atomic E-state index is 13.3. The lowest BCUT2D eigenvalue weighted by Crippen LogP contribution is -2.07. The first-order valence-corrected chi connectivity index (χ1v) is 4.43. The van der Waals surface area contributed by atoms with Crippen LogP contribution in [0.15, 0.2) is 18.3 Å². The Morgan fingerprint density at radius 1 is 1.60 bits per heavy atom. The number of rotatable bonds is 1. The topological polar surface area (TPSA) is 67.1 Å². The monoisotopic (exact) mass is 204 g/mol. The zero-order valence-electron chi connectivity index (χ0n) is 8.11. The van der Waals surface area contributed by atoms with E-state index in [0.29, 0.717) is 11.1 Å². The minimum Gasteiger partial charge on any atom is -0.312 e. The summed E-state index contributed by atoms with van der Waals surface area (Å²) in [6.45, 7) is 1.82. The summed E-state index contributed by atoms with van der Waals surface area (Å²) in [7, 11) is 0. The molecule has 0 aromatic carbocycles. The van der Waals surface area contributed by atoms with E-state index in [4.69, 9.17) is 11.0 Å². The summed E-state index contributed by atoms with van der Waals surface area (Å²) in [4.78, 5) is 0. The molecule has 1 atom stereocenters. The number of halogens is 1. The molecule has 0 aliphatic rings. The fourth-order valence-electron chi connectivity index (χ4n) is 1.56. The van der Waals surface area contributed by atoms with Gasteiger partial charge >= 0.3 is 0 Å². The first-order valence-electron chi connectivity index (χ1n) is 4.43. The Kier molecular flexibility index (Phi) is 2.14. The van der Waals surface area contributed by atoms with Gasteiger partial charge in [0.25, 0.3) is 0 Å². The Labute approximate surface area is 85.7 Å². The van der Waals surface area contributed by atoms with E-state index < -0.39 is 12.0 Å². The number of nitriles is 1. The summed E-state index contributed by atoms with van der Waals surface area (Å²) in [6, 6.07) is 4.10. The van der Waals surface area contributed by atoms with Crippen LogP contribution in [0.4, 0.5) is 4.39 Å². The molecule has 2 heterocycles. The summed E-state index contributed by atoms with van der Waals surface area (Å²) < 4.78 is 14.5. The normalized spacial score (nSPS) is 12.7. The van der Waals surface area contributed by atoms with E-state index in [0.717, 1.165) is 10.1 Å². The summed E-state index contributed by atoms with van der Waals surface area (Å²) >= 11 is 0. The third-order valence-corrected chi connectivity index (χ3v) is 2.32. The molecule has 2 rings (SSSR count). The molecule has 2 aromatic heterocycles. The zero-order chi connectivity index (χ0) is 11.0. The Morgan fingerprint density at radius 2 is 2.33 bits per heavy atom. The summed E-state index contributed by atoms with van der Waals surface area (Å²) in [5.41, 5.74) is 7.55. The van der Waals surface area contributed by atoms with Gasteiger partial charge in [0.15, 0.2) is 0 Å². The molecule has 15 heavy (non-hydrogen) atoms. The van der Waals surface area contributed by atoms with Crippen molar-refractivity contribution in [3.05, 3.63) is 35.4 Å². The molecule has 76 valence electrons. The van der Waals surface area contributed by atoms with Crippen molar-refractivity contribution in [1.82, 2.24) is 9.61 Å². The lowest BCUT2D eigenvalue weighted by molar-refractivity contribution is 0.544. The third-order valence-electron chi connectivity index (χ3n) is 2.32. The SMILES string of the molecule is Cc1ccc(F)n2ncc(C(N)C#N)c12. The van der Waals surface area contributed by atoms with E-state index >= 15 is 0 Å². The van der Waals surface area contributed by atoms with Crippen LogP contribution in [-0.2, 0) is 0 Å². The number of hydrogen-bond acceptors (Lipinski definition) is 3. The highest BCUT2D eigenvalue weighted by Gasteiger charge is 2.14. The third kappa shape index (κ3) is 1.35. The molecule has 0 spiro atoms. The van der Waals surface area contributed by atoms with Crippen LogP contribution in [0.1, 0.15) is 17.2 Å². The maximum Gasteiger partial charge on any atom is 0.214 e. The molecular weight excluding hydrogens is 195 g/mol. The summed E-state index contributed by atoms with van der Waals surface area (Å²) in [5, 5.41) is 12.6. The first kappa shape index (κ1) is 9.62. The molecule has 2 aromatic rings. The molecule has 0 radical (unpaired) electrons. The Hall–Kier alpha value is -1.93. The second-order valence-corrected chi connectivity index (χ2v) is 3.31. The average Bonchev–Trinajstić information content (AvgIpc) is 2.68. The van der Waals surface area contributed by atoms with Crippen molar-refractivity contribution in [2.75, 3.05) is 0 Å². The Bertz CT molecular complexity index is 552. The van der Waals surface area contributed by atoms with E-state index in [-0.39, 0.29) is 0 Å². The summed E-state index contributed by atoms with van der Waals surface area (Å²) in [5.74, 6) is -0.466. The quantitative estimate of drug-likeness (QED) is 0.712. The van der Waals surface area contributed by atoms with Crippen LogP contribution in [0.5, 0.6) is 0 Å². The second kappa shape index (κ2) is 3.33. The largest absolute Gasteiger partial charge is 0.312 e. The van der Waals surface area contributed by atoms with E-state index in [1.807, 2.05) is 13.0 Å². The summed E-state index contributed by atoms with van der Waals surface area (Å²) in [6.07, 6.45) is 1.43. The maximum atomic E-state index is 13.3. The molecule has 0 amide bonds. The van der Waals surface area contributed by atoms with Crippen molar-refractivity contribution in [2.24, 2.45) is 5.73 Å². The fourth-order valence-corrected chi connectivity index (χ4v) is 1.56. The Balaban J connectivity index is 2.80. The standard InChI is InChI=1S/C10H9FN4/c1-6-2-3-9(11)15-10(6)7(5-14-15)8(13)4-12/h2-3,5,8H,13H2,1H3. The van der Waals surface area contributed by atoms with Crippen molar-refractivity contribution < 1.29 is 4.39 Å². The number of pyridine rings is 1. The number of aryl methyl sites for hydroxylation is 1. The molecule has 1 unspecified atom stereocenters. The Morgan fingerprint density at radius 3 is 3.00 bits per heavy atom. The van der Waals surface area contributed by atoms with Gasteiger partial charge in [-0.05, 0) is 18.6 Å². The molecule has 0 aliphatic carbocycles. The molecule has 0 bridgehead atoms. The highest BCUT2D eigenvalue weighted by Crippen LogP contribution is 2.21. The van der Waals surface area contributed by atoms with Gasteiger partial charge in [-0.25, -0.2) is 4.52 Å². The van der Waals surface area contributed by atoms with Gasteiger partial charge in [-0.15, -0.1) is 0 Å². The van der Waals surface area contributed by atoms with Gasteiger partial charge in [-0.3, -0.25) is 0 Å². The van der Waals surface area contributed by atoms with E-state index in [1.165, 1.54) is 12.3 Å². The highest BCUT2D eigenvalue weighted by molar-refractivity contribution is 5.61. The van der Waals surface area contributed by atoms with E-state index in [1.54, 1.807) is 6.07 Å². The van der Waals surface area contributed by atoms with Crippen LogP contribution < -0.4 is 5.73 Å². The molecular formula is C10H9FN4. The smallest absolute Gasteiger partial charge is 0.214 e. The molecule has 0 aliphatic heterocycles. The van der Waals surface area contributed by atoms with Crippen molar-refractivity contribution in [1.29, 1.82) is 5.26 Å². The predicted molar refractivity (Wildman–Crippen MR) is 52.4 cm³/mol. The number of nitrogens with zero attached hydrogens (tertiary/aromatic N) is 3. The molecule has 5 heteroatoms. The minimum absolute atomic E-state index is 0.466. The molecule has 4 nitrogen and oxygen atoms in total. The van der Waals surface area contributed by atoms with Gasteiger partial charge in [-0.2, -0.15) is 14.8 Å². The van der Waals surface area contributed by atoms with Crippen molar-refractivity contribution in [2.45, 2.75) is 13.0 Å². The zero-order valence-corrected chi connectivity index (χ0v) is 8.11. The first-order chi connectivity index (χ1) is 7.15. The predicted octanol–water partition coefficient (Wildman–Crippen LogP) is 1.31. The molecule has 0 saturated carbocycles. The van der Waals surface area contributed by atoms with Crippen LogP contribution in [0, 0.1) is 24.2 Å². The molecule has 0 fully saturated rings. The number of nitrogens with two attached hydrogens (primary N) is 1. The van der Waals surface area contributed by atoms with Crippen LogP contribution in [0.3, 0.4) is 0 Å². The van der Waals surface area contributed by atoms with Gasteiger partial charge in [-0.1, -0.05) is 6.07 Å². The van der Waals surface area contributed by atoms with E-state index in [2.05, 4.69) is 5.10 Å². The number of aromatic nitrogens is 2. The van der Waals surface area contributed by atoms with Crippen molar-refractivity contribution in [3.8, 4) is 6.07 Å². The molecule has 0 saturated heterocycles. The van der Waals surface area contributed by atoms with Gasteiger partial charge in [0.2, 0.25) is 5.95 Å². The van der Waals surface area contributed by atoms with Gasteiger partial charge in [0.05, 0.1) is 17.8 Å².